The molecule has 0 saturated heterocycles. The summed E-state index contributed by atoms with van der Waals surface area (Å²) in [6.07, 6.45) is 1.56. The van der Waals surface area contributed by atoms with E-state index in [-0.39, 0.29) is 4.90 Å². The molecular formula is C22H22ClN3O4S. The van der Waals surface area contributed by atoms with E-state index in [1.54, 1.807) is 81.1 Å². The number of hydrazone groups is 1. The van der Waals surface area contributed by atoms with Crippen LogP contribution in [-0.2, 0) is 10.0 Å². The van der Waals surface area contributed by atoms with Crippen molar-refractivity contribution in [1.29, 1.82) is 0 Å². The standard InChI is InChI=1S/C22H22ClN3O4S/c1-15-8-10-19(25-24-14-16-9-11-20(29-2)21(13-16)30-3)22(12-15)31(27,28)26-18-7-5-4-6-17(18)23/h4-14,25-26H,1-3H3/b24-14+. The van der Waals surface area contributed by atoms with Gasteiger partial charge in [-0.2, -0.15) is 5.10 Å². The predicted octanol–water partition coefficient (Wildman–Crippen LogP) is 4.91. The SMILES string of the molecule is COc1ccc(/C=N/Nc2ccc(C)cc2S(=O)(=O)Nc2ccccc2Cl)cc1OC. The molecular weight excluding hydrogens is 438 g/mol. The second-order valence-electron chi connectivity index (χ2n) is 6.57. The number of ether oxygens (including phenoxy) is 2. The molecule has 0 heterocycles. The molecule has 0 atom stereocenters. The number of nitrogens with zero attached hydrogens (tertiary/aromatic N) is 1. The number of sulfonamides is 1. The first-order valence-corrected chi connectivity index (χ1v) is 11.1. The Morgan fingerprint density at radius 2 is 1.68 bits per heavy atom. The van der Waals surface area contributed by atoms with Crippen molar-refractivity contribution in [2.75, 3.05) is 24.4 Å². The van der Waals surface area contributed by atoms with Crippen molar-refractivity contribution in [1.82, 2.24) is 0 Å². The zero-order chi connectivity index (χ0) is 22.4. The first kappa shape index (κ1) is 22.5. The largest absolute Gasteiger partial charge is 0.493 e. The van der Waals surface area contributed by atoms with Crippen molar-refractivity contribution in [3.05, 3.63) is 76.8 Å². The average Bonchev–Trinajstić information content (AvgIpc) is 2.76. The molecule has 0 aliphatic rings. The van der Waals surface area contributed by atoms with E-state index in [2.05, 4.69) is 15.2 Å². The predicted molar refractivity (Wildman–Crippen MR) is 124 cm³/mol. The molecule has 0 aliphatic carbocycles. The van der Waals surface area contributed by atoms with E-state index in [4.69, 9.17) is 21.1 Å². The summed E-state index contributed by atoms with van der Waals surface area (Å²) in [4.78, 5) is 0.0527. The van der Waals surface area contributed by atoms with Crippen LogP contribution in [0.25, 0.3) is 0 Å². The summed E-state index contributed by atoms with van der Waals surface area (Å²) < 4.78 is 39.1. The number of rotatable bonds is 8. The molecule has 31 heavy (non-hydrogen) atoms. The molecule has 3 aromatic rings. The fourth-order valence-electron chi connectivity index (χ4n) is 2.80. The number of para-hydroxylation sites is 1. The summed E-state index contributed by atoms with van der Waals surface area (Å²) >= 11 is 6.10. The van der Waals surface area contributed by atoms with Crippen molar-refractivity contribution in [2.24, 2.45) is 5.10 Å². The van der Waals surface area contributed by atoms with E-state index >= 15 is 0 Å². The number of nitrogens with one attached hydrogen (secondary N) is 2. The molecule has 3 rings (SSSR count). The molecule has 0 saturated carbocycles. The van der Waals surface area contributed by atoms with Gasteiger partial charge in [0.05, 0.1) is 36.8 Å². The molecule has 7 nitrogen and oxygen atoms in total. The average molecular weight is 460 g/mol. The first-order valence-electron chi connectivity index (χ1n) is 9.23. The van der Waals surface area contributed by atoms with Crippen LogP contribution in [0.1, 0.15) is 11.1 Å². The van der Waals surface area contributed by atoms with E-state index in [1.807, 2.05) is 6.92 Å². The third-order valence-corrected chi connectivity index (χ3v) is 6.09. The summed E-state index contributed by atoms with van der Waals surface area (Å²) in [7, 11) is -0.804. The summed E-state index contributed by atoms with van der Waals surface area (Å²) in [5.41, 5.74) is 4.96. The maximum Gasteiger partial charge on any atom is 0.264 e. The number of hydrogen-bond acceptors (Lipinski definition) is 6. The highest BCUT2D eigenvalue weighted by Crippen LogP contribution is 2.29. The van der Waals surface area contributed by atoms with Gasteiger partial charge in [-0.1, -0.05) is 29.8 Å². The number of methoxy groups -OCH3 is 2. The van der Waals surface area contributed by atoms with Crippen molar-refractivity contribution < 1.29 is 17.9 Å². The Balaban J connectivity index is 1.86. The Kier molecular flexibility index (Phi) is 7.04. The van der Waals surface area contributed by atoms with E-state index < -0.39 is 10.0 Å². The summed E-state index contributed by atoms with van der Waals surface area (Å²) in [5, 5.41) is 4.49. The van der Waals surface area contributed by atoms with Crippen LogP contribution >= 0.6 is 11.6 Å². The molecule has 0 fully saturated rings. The molecule has 0 amide bonds. The highest BCUT2D eigenvalue weighted by molar-refractivity contribution is 7.93. The first-order chi connectivity index (χ1) is 14.8. The Morgan fingerprint density at radius 1 is 0.935 bits per heavy atom. The molecule has 0 radical (unpaired) electrons. The van der Waals surface area contributed by atoms with Gasteiger partial charge in [-0.3, -0.25) is 10.1 Å². The van der Waals surface area contributed by atoms with Crippen LogP contribution in [0.3, 0.4) is 0 Å². The van der Waals surface area contributed by atoms with Crippen LogP contribution < -0.4 is 19.6 Å². The molecule has 0 aromatic heterocycles. The van der Waals surface area contributed by atoms with Crippen LogP contribution in [0.4, 0.5) is 11.4 Å². The minimum atomic E-state index is -3.91. The minimum Gasteiger partial charge on any atom is -0.493 e. The lowest BCUT2D eigenvalue weighted by atomic mass is 10.2. The number of halogens is 1. The quantitative estimate of drug-likeness (QED) is 0.369. The van der Waals surface area contributed by atoms with Crippen LogP contribution in [0, 0.1) is 6.92 Å². The monoisotopic (exact) mass is 459 g/mol. The maximum absolute atomic E-state index is 13.0. The smallest absolute Gasteiger partial charge is 0.264 e. The Bertz CT molecular complexity index is 1210. The van der Waals surface area contributed by atoms with Crippen LogP contribution in [0.15, 0.2) is 70.7 Å². The van der Waals surface area contributed by atoms with E-state index in [9.17, 15) is 8.42 Å². The molecule has 2 N–H and O–H groups in total. The van der Waals surface area contributed by atoms with Gasteiger partial charge in [0.25, 0.3) is 10.0 Å². The summed E-state index contributed by atoms with van der Waals surface area (Å²) in [6.45, 7) is 1.81. The van der Waals surface area contributed by atoms with E-state index in [1.165, 1.54) is 0 Å². The number of aryl methyl sites for hydroxylation is 1. The lowest BCUT2D eigenvalue weighted by Gasteiger charge is -2.13. The van der Waals surface area contributed by atoms with Gasteiger partial charge in [-0.15, -0.1) is 0 Å². The molecule has 9 heteroatoms. The second kappa shape index (κ2) is 9.72. The van der Waals surface area contributed by atoms with Crippen molar-refractivity contribution in [3.63, 3.8) is 0 Å². The van der Waals surface area contributed by atoms with Gasteiger partial charge in [0.1, 0.15) is 4.90 Å². The summed E-state index contributed by atoms with van der Waals surface area (Å²) in [6, 6.07) is 17.0. The summed E-state index contributed by atoms with van der Waals surface area (Å²) in [5.74, 6) is 1.17. The number of hydrogen-bond donors (Lipinski definition) is 2. The molecule has 0 bridgehead atoms. The van der Waals surface area contributed by atoms with Crippen LogP contribution in [-0.4, -0.2) is 28.9 Å². The minimum absolute atomic E-state index is 0.0527. The third-order valence-electron chi connectivity index (χ3n) is 4.35. The fraction of sp³-hybridized carbons (Fsp3) is 0.136. The number of anilines is 2. The van der Waals surface area contributed by atoms with Gasteiger partial charge in [-0.05, 0) is 60.5 Å². The molecule has 0 aliphatic heterocycles. The third kappa shape index (κ3) is 5.48. The molecule has 3 aromatic carbocycles. The van der Waals surface area contributed by atoms with Crippen LogP contribution in [0.2, 0.25) is 5.02 Å². The Labute approximate surface area is 186 Å². The van der Waals surface area contributed by atoms with Gasteiger partial charge >= 0.3 is 0 Å². The second-order valence-corrected chi connectivity index (χ2v) is 8.63. The zero-order valence-corrected chi connectivity index (χ0v) is 18.8. The lowest BCUT2D eigenvalue weighted by molar-refractivity contribution is 0.355. The Hall–Kier alpha value is -3.23. The van der Waals surface area contributed by atoms with E-state index in [0.29, 0.717) is 27.9 Å². The number of benzene rings is 3. The van der Waals surface area contributed by atoms with Crippen molar-refractivity contribution >= 4 is 39.2 Å². The van der Waals surface area contributed by atoms with Gasteiger partial charge < -0.3 is 9.47 Å². The molecule has 0 unspecified atom stereocenters. The normalized spacial score (nSPS) is 11.4. The highest BCUT2D eigenvalue weighted by atomic mass is 35.5. The Morgan fingerprint density at radius 3 is 2.39 bits per heavy atom. The molecule has 0 spiro atoms. The van der Waals surface area contributed by atoms with E-state index in [0.717, 1.165) is 11.1 Å². The van der Waals surface area contributed by atoms with Crippen molar-refractivity contribution in [3.8, 4) is 11.5 Å². The van der Waals surface area contributed by atoms with Crippen LogP contribution in [0.5, 0.6) is 11.5 Å². The molecule has 162 valence electrons. The topological polar surface area (TPSA) is 89.0 Å². The van der Waals surface area contributed by atoms with Gasteiger partial charge in [-0.25, -0.2) is 8.42 Å². The van der Waals surface area contributed by atoms with Gasteiger partial charge in [0, 0.05) is 0 Å². The van der Waals surface area contributed by atoms with Gasteiger partial charge in [0.2, 0.25) is 0 Å². The maximum atomic E-state index is 13.0. The lowest BCUT2D eigenvalue weighted by Crippen LogP contribution is -2.15. The zero-order valence-electron chi connectivity index (χ0n) is 17.2. The highest BCUT2D eigenvalue weighted by Gasteiger charge is 2.20. The fourth-order valence-corrected chi connectivity index (χ4v) is 4.36. The van der Waals surface area contributed by atoms with Crippen molar-refractivity contribution in [2.45, 2.75) is 11.8 Å². The van der Waals surface area contributed by atoms with Gasteiger partial charge in [0.15, 0.2) is 11.5 Å².